The maximum absolute atomic E-state index is 14.1. The summed E-state index contributed by atoms with van der Waals surface area (Å²) in [6, 6.07) is 4.69. The van der Waals surface area contributed by atoms with Gasteiger partial charge in [-0.2, -0.15) is 13.2 Å². The first-order chi connectivity index (χ1) is 9.78. The van der Waals surface area contributed by atoms with Gasteiger partial charge in [-0.05, 0) is 12.0 Å². The first kappa shape index (κ1) is 16.0. The third kappa shape index (κ3) is 4.03. The molecule has 7 heteroatoms. The van der Waals surface area contributed by atoms with E-state index in [1.807, 2.05) is 0 Å². The minimum atomic E-state index is -4.47. The summed E-state index contributed by atoms with van der Waals surface area (Å²) in [7, 11) is 2.24. The number of alkyl halides is 3. The molecule has 0 bridgehead atoms. The molecule has 0 aromatic heterocycles. The fourth-order valence-corrected chi connectivity index (χ4v) is 2.51. The Morgan fingerprint density at radius 3 is 2.67 bits per heavy atom. The van der Waals surface area contributed by atoms with E-state index >= 15 is 0 Å². The van der Waals surface area contributed by atoms with Crippen molar-refractivity contribution >= 4 is 26.0 Å². The first-order valence-corrected chi connectivity index (χ1v) is 6.93. The lowest BCUT2D eigenvalue weighted by molar-refractivity contribution is -0.159. The summed E-state index contributed by atoms with van der Waals surface area (Å²) in [6.07, 6.45) is -2.52. The number of halogens is 4. The van der Waals surface area contributed by atoms with Crippen molar-refractivity contribution in [2.45, 2.75) is 19.0 Å². The topological polar surface area (TPSA) is 20.3 Å². The molecular formula is C14H14F4NOP. The highest BCUT2D eigenvalue weighted by atomic mass is 31.0. The second-order valence-corrected chi connectivity index (χ2v) is 5.46. The van der Waals surface area contributed by atoms with Gasteiger partial charge in [0.2, 0.25) is 5.91 Å². The molecule has 1 heterocycles. The van der Waals surface area contributed by atoms with E-state index in [2.05, 4.69) is 9.24 Å². The van der Waals surface area contributed by atoms with Crippen LogP contribution in [0.5, 0.6) is 0 Å². The molecule has 2 nitrogen and oxygen atoms in total. The third-order valence-electron chi connectivity index (χ3n) is 3.21. The van der Waals surface area contributed by atoms with Crippen LogP contribution in [0.4, 0.5) is 17.6 Å². The Bertz CT molecular complexity index is 583. The Balaban J connectivity index is 2.30. The maximum Gasteiger partial charge on any atom is 0.406 e. The second kappa shape index (κ2) is 6.14. The Morgan fingerprint density at radius 2 is 2.00 bits per heavy atom. The monoisotopic (exact) mass is 319 g/mol. The molecule has 1 aliphatic rings. The molecule has 1 aromatic rings. The Hall–Kier alpha value is -1.42. The van der Waals surface area contributed by atoms with Crippen LogP contribution in [0.25, 0.3) is 5.57 Å². The molecule has 0 saturated carbocycles. The highest BCUT2D eigenvalue weighted by Crippen LogP contribution is 2.26. The summed E-state index contributed by atoms with van der Waals surface area (Å²) < 4.78 is 51.7. The largest absolute Gasteiger partial charge is 0.406 e. The fraction of sp³-hybridized carbons (Fsp3) is 0.357. The van der Waals surface area contributed by atoms with Crippen molar-refractivity contribution in [3.63, 3.8) is 0 Å². The number of hydrogen-bond donors (Lipinski definition) is 0. The average Bonchev–Trinajstić information content (AvgIpc) is 2.54. The van der Waals surface area contributed by atoms with Crippen molar-refractivity contribution in [1.82, 2.24) is 4.90 Å². The van der Waals surface area contributed by atoms with E-state index in [1.54, 1.807) is 18.2 Å². The summed E-state index contributed by atoms with van der Waals surface area (Å²) in [4.78, 5) is 12.4. The van der Waals surface area contributed by atoms with Gasteiger partial charge in [-0.15, -0.1) is 9.24 Å². The molecule has 1 amide bonds. The van der Waals surface area contributed by atoms with Crippen molar-refractivity contribution < 1.29 is 22.4 Å². The van der Waals surface area contributed by atoms with Crippen molar-refractivity contribution in [3.05, 3.63) is 35.7 Å². The molecule has 0 radical (unpaired) electrons. The zero-order valence-corrected chi connectivity index (χ0v) is 12.2. The predicted molar refractivity (Wildman–Crippen MR) is 75.6 cm³/mol. The maximum atomic E-state index is 14.1. The van der Waals surface area contributed by atoms with Crippen molar-refractivity contribution in [3.8, 4) is 0 Å². The SMILES string of the molecule is O=C1CCC=C(c2cccc(P)c2F)CN1CC(F)(F)F. The molecule has 1 unspecified atom stereocenters. The van der Waals surface area contributed by atoms with Crippen molar-refractivity contribution in [2.75, 3.05) is 13.1 Å². The number of hydrogen-bond acceptors (Lipinski definition) is 1. The molecule has 1 aromatic carbocycles. The number of benzene rings is 1. The van der Waals surface area contributed by atoms with Crippen LogP contribution in [0, 0.1) is 5.82 Å². The Kier molecular flexibility index (Phi) is 4.67. The minimum Gasteiger partial charge on any atom is -0.329 e. The normalized spacial score (nSPS) is 16.7. The zero-order chi connectivity index (χ0) is 15.6. The average molecular weight is 319 g/mol. The highest BCUT2D eigenvalue weighted by molar-refractivity contribution is 7.27. The van der Waals surface area contributed by atoms with Gasteiger partial charge in [0.1, 0.15) is 12.4 Å². The number of carbonyl (C=O) groups is 1. The lowest BCUT2D eigenvalue weighted by Gasteiger charge is -2.23. The van der Waals surface area contributed by atoms with E-state index in [0.717, 1.165) is 4.90 Å². The minimum absolute atomic E-state index is 0.00175. The molecule has 0 N–H and O–H groups in total. The lowest BCUT2D eigenvalue weighted by Crippen LogP contribution is -2.39. The Labute approximate surface area is 122 Å². The van der Waals surface area contributed by atoms with Gasteiger partial charge in [0.25, 0.3) is 0 Å². The number of nitrogens with zero attached hydrogens (tertiary/aromatic N) is 1. The van der Waals surface area contributed by atoms with Gasteiger partial charge in [-0.1, -0.05) is 24.3 Å². The van der Waals surface area contributed by atoms with Crippen LogP contribution in [-0.4, -0.2) is 30.1 Å². The van der Waals surface area contributed by atoms with E-state index in [-0.39, 0.29) is 18.5 Å². The molecule has 0 aliphatic carbocycles. The first-order valence-electron chi connectivity index (χ1n) is 6.36. The van der Waals surface area contributed by atoms with Crippen LogP contribution in [-0.2, 0) is 4.79 Å². The molecule has 0 fully saturated rings. The van der Waals surface area contributed by atoms with Crippen molar-refractivity contribution in [2.24, 2.45) is 0 Å². The van der Waals surface area contributed by atoms with Crippen LogP contribution in [0.1, 0.15) is 18.4 Å². The van der Waals surface area contributed by atoms with E-state index in [9.17, 15) is 22.4 Å². The fourth-order valence-electron chi connectivity index (χ4n) is 2.24. The number of rotatable bonds is 2. The van der Waals surface area contributed by atoms with Gasteiger partial charge in [0.15, 0.2) is 0 Å². The quantitative estimate of drug-likeness (QED) is 0.606. The van der Waals surface area contributed by atoms with Crippen LogP contribution in [0.2, 0.25) is 0 Å². The molecule has 0 saturated heterocycles. The highest BCUT2D eigenvalue weighted by Gasteiger charge is 2.34. The molecule has 1 atom stereocenters. The van der Waals surface area contributed by atoms with Gasteiger partial charge in [-0.25, -0.2) is 4.39 Å². The molecule has 2 rings (SSSR count). The van der Waals surface area contributed by atoms with Crippen LogP contribution in [0.3, 0.4) is 0 Å². The second-order valence-electron chi connectivity index (χ2n) is 4.84. The van der Waals surface area contributed by atoms with Gasteiger partial charge >= 0.3 is 6.18 Å². The van der Waals surface area contributed by atoms with E-state index in [4.69, 9.17) is 0 Å². The van der Waals surface area contributed by atoms with E-state index in [1.165, 1.54) is 6.07 Å². The third-order valence-corrected chi connectivity index (χ3v) is 3.65. The summed E-state index contributed by atoms with van der Waals surface area (Å²) in [5, 5.41) is 0.339. The standard InChI is InChI=1S/C14H14F4NOP/c15-13-10(4-2-5-11(13)21)9-3-1-6-12(20)19(7-9)8-14(16,17)18/h2-5H,1,6-8,21H2. The van der Waals surface area contributed by atoms with Gasteiger partial charge in [0.05, 0.1) is 0 Å². The van der Waals surface area contributed by atoms with Crippen LogP contribution >= 0.6 is 9.24 Å². The van der Waals surface area contributed by atoms with Gasteiger partial charge in [-0.3, -0.25) is 4.79 Å². The van der Waals surface area contributed by atoms with Gasteiger partial charge in [0, 0.05) is 23.8 Å². The van der Waals surface area contributed by atoms with Crippen molar-refractivity contribution in [1.29, 1.82) is 0 Å². The summed E-state index contributed by atoms with van der Waals surface area (Å²) >= 11 is 0. The summed E-state index contributed by atoms with van der Waals surface area (Å²) in [5.41, 5.74) is 0.649. The number of allylic oxidation sites excluding steroid dienone is 1. The molecular weight excluding hydrogens is 305 g/mol. The van der Waals surface area contributed by atoms with E-state index < -0.39 is 24.4 Å². The number of carbonyl (C=O) groups excluding carboxylic acids is 1. The lowest BCUT2D eigenvalue weighted by atomic mass is 10.0. The number of amides is 1. The van der Waals surface area contributed by atoms with E-state index in [0.29, 0.717) is 17.3 Å². The summed E-state index contributed by atoms with van der Waals surface area (Å²) in [5.74, 6) is -1.06. The smallest absolute Gasteiger partial charge is 0.329 e. The van der Waals surface area contributed by atoms with Crippen LogP contribution < -0.4 is 5.30 Å². The molecule has 114 valence electrons. The predicted octanol–water partition coefficient (Wildman–Crippen LogP) is 2.89. The van der Waals surface area contributed by atoms with Crippen LogP contribution in [0.15, 0.2) is 24.3 Å². The Morgan fingerprint density at radius 1 is 1.29 bits per heavy atom. The summed E-state index contributed by atoms with van der Waals surface area (Å²) in [6.45, 7) is -1.55. The van der Waals surface area contributed by atoms with Gasteiger partial charge < -0.3 is 4.90 Å². The molecule has 21 heavy (non-hydrogen) atoms. The molecule has 0 spiro atoms. The molecule has 1 aliphatic heterocycles. The zero-order valence-electron chi connectivity index (χ0n) is 11.1.